The molecule has 0 aliphatic carbocycles. The number of ketones is 1. The van der Waals surface area contributed by atoms with Gasteiger partial charge in [0.05, 0.1) is 12.7 Å². The Morgan fingerprint density at radius 3 is 2.41 bits per heavy atom. The van der Waals surface area contributed by atoms with E-state index in [1.54, 1.807) is 25.3 Å². The molecule has 1 heterocycles. The molecule has 0 fully saturated rings. The molecule has 0 aliphatic rings. The van der Waals surface area contributed by atoms with Crippen LogP contribution < -0.4 is 4.74 Å². The summed E-state index contributed by atoms with van der Waals surface area (Å²) in [7, 11) is 1.60. The third-order valence-electron chi connectivity index (χ3n) is 4.24. The number of ether oxygens (including phenoxy) is 1. The molecular weight excluding hydrogens is 338 g/mol. The normalized spacial score (nSPS) is 11.5. The summed E-state index contributed by atoms with van der Waals surface area (Å²) in [5.41, 5.74) is 3.07. The van der Waals surface area contributed by atoms with Gasteiger partial charge in [0, 0.05) is 11.1 Å². The summed E-state index contributed by atoms with van der Waals surface area (Å²) in [6, 6.07) is 24.1. The number of para-hydroxylation sites is 3. The van der Waals surface area contributed by atoms with Crippen molar-refractivity contribution in [3.8, 4) is 5.75 Å². The van der Waals surface area contributed by atoms with Crippen LogP contribution in [0.15, 0.2) is 83.3 Å². The van der Waals surface area contributed by atoms with Crippen LogP contribution in [-0.4, -0.2) is 17.9 Å². The molecule has 0 bridgehead atoms. The summed E-state index contributed by atoms with van der Waals surface area (Å²) in [5, 5.41) is 0. The SMILES string of the molecule is COc1ccccc1/C=C(/C(=O)c1ccccc1)c1nc2ccccc2o1. The van der Waals surface area contributed by atoms with Crippen molar-refractivity contribution in [3.63, 3.8) is 0 Å². The van der Waals surface area contributed by atoms with Gasteiger partial charge in [-0.05, 0) is 24.3 Å². The first-order chi connectivity index (χ1) is 13.3. The number of hydrogen-bond donors (Lipinski definition) is 0. The van der Waals surface area contributed by atoms with E-state index < -0.39 is 0 Å². The number of allylic oxidation sites excluding steroid dienone is 1. The molecule has 4 aromatic rings. The molecule has 4 rings (SSSR count). The number of oxazole rings is 1. The summed E-state index contributed by atoms with van der Waals surface area (Å²) in [6.45, 7) is 0. The monoisotopic (exact) mass is 355 g/mol. The fourth-order valence-electron chi connectivity index (χ4n) is 2.90. The average molecular weight is 355 g/mol. The maximum absolute atomic E-state index is 13.2. The lowest BCUT2D eigenvalue weighted by molar-refractivity contribution is 0.105. The maximum atomic E-state index is 13.2. The zero-order valence-electron chi connectivity index (χ0n) is 14.8. The van der Waals surface area contributed by atoms with Gasteiger partial charge in [-0.3, -0.25) is 4.79 Å². The van der Waals surface area contributed by atoms with Crippen molar-refractivity contribution in [1.29, 1.82) is 0 Å². The van der Waals surface area contributed by atoms with E-state index in [2.05, 4.69) is 4.98 Å². The lowest BCUT2D eigenvalue weighted by atomic mass is 10.0. The molecule has 132 valence electrons. The van der Waals surface area contributed by atoms with Crippen LogP contribution in [0, 0.1) is 0 Å². The smallest absolute Gasteiger partial charge is 0.231 e. The van der Waals surface area contributed by atoms with Crippen molar-refractivity contribution >= 4 is 28.5 Å². The molecule has 0 unspecified atom stereocenters. The Morgan fingerprint density at radius 1 is 0.926 bits per heavy atom. The Morgan fingerprint density at radius 2 is 1.63 bits per heavy atom. The second kappa shape index (κ2) is 7.30. The molecule has 0 amide bonds. The molecule has 0 saturated carbocycles. The topological polar surface area (TPSA) is 52.3 Å². The summed E-state index contributed by atoms with van der Waals surface area (Å²) in [5.74, 6) is 0.802. The number of methoxy groups -OCH3 is 1. The zero-order valence-corrected chi connectivity index (χ0v) is 14.8. The summed E-state index contributed by atoms with van der Waals surface area (Å²) < 4.78 is 11.3. The number of benzene rings is 3. The van der Waals surface area contributed by atoms with Gasteiger partial charge in [-0.15, -0.1) is 0 Å². The summed E-state index contributed by atoms with van der Waals surface area (Å²) in [4.78, 5) is 17.7. The highest BCUT2D eigenvalue weighted by Crippen LogP contribution is 2.28. The van der Waals surface area contributed by atoms with Gasteiger partial charge in [-0.2, -0.15) is 0 Å². The highest BCUT2D eigenvalue weighted by molar-refractivity contribution is 6.31. The first-order valence-electron chi connectivity index (χ1n) is 8.56. The van der Waals surface area contributed by atoms with Gasteiger partial charge in [0.15, 0.2) is 11.4 Å². The van der Waals surface area contributed by atoms with Crippen molar-refractivity contribution in [3.05, 3.63) is 95.9 Å². The fourth-order valence-corrected chi connectivity index (χ4v) is 2.90. The van der Waals surface area contributed by atoms with E-state index in [0.717, 1.165) is 5.56 Å². The van der Waals surface area contributed by atoms with Crippen molar-refractivity contribution in [2.24, 2.45) is 0 Å². The third kappa shape index (κ3) is 3.37. The number of fused-ring (bicyclic) bond motifs is 1. The lowest BCUT2D eigenvalue weighted by Crippen LogP contribution is -2.03. The van der Waals surface area contributed by atoms with Crippen molar-refractivity contribution in [1.82, 2.24) is 4.98 Å². The molecule has 4 nitrogen and oxygen atoms in total. The first kappa shape index (κ1) is 16.8. The quantitative estimate of drug-likeness (QED) is 0.362. The molecule has 27 heavy (non-hydrogen) atoms. The van der Waals surface area contributed by atoms with E-state index in [9.17, 15) is 4.79 Å². The number of nitrogens with zero attached hydrogens (tertiary/aromatic N) is 1. The van der Waals surface area contributed by atoms with Gasteiger partial charge in [-0.25, -0.2) is 4.98 Å². The zero-order chi connectivity index (χ0) is 18.6. The number of carbonyl (C=O) groups excluding carboxylic acids is 1. The third-order valence-corrected chi connectivity index (χ3v) is 4.24. The number of carbonyl (C=O) groups is 1. The molecule has 0 atom stereocenters. The van der Waals surface area contributed by atoms with Crippen molar-refractivity contribution < 1.29 is 13.9 Å². The van der Waals surface area contributed by atoms with Crippen molar-refractivity contribution in [2.75, 3.05) is 7.11 Å². The molecule has 0 aliphatic heterocycles. The molecule has 0 N–H and O–H groups in total. The van der Waals surface area contributed by atoms with Crippen LogP contribution in [0.4, 0.5) is 0 Å². The Bertz CT molecular complexity index is 1090. The molecule has 4 heteroatoms. The maximum Gasteiger partial charge on any atom is 0.231 e. The summed E-state index contributed by atoms with van der Waals surface area (Å²) in [6.07, 6.45) is 1.76. The molecule has 0 saturated heterocycles. The second-order valence-corrected chi connectivity index (χ2v) is 5.98. The van der Waals surface area contributed by atoms with Crippen LogP contribution in [-0.2, 0) is 0 Å². The van der Waals surface area contributed by atoms with E-state index in [1.807, 2.05) is 66.7 Å². The molecule has 0 radical (unpaired) electrons. The van der Waals surface area contributed by atoms with Gasteiger partial charge in [0.25, 0.3) is 0 Å². The van der Waals surface area contributed by atoms with Crippen LogP contribution in [0.1, 0.15) is 21.8 Å². The van der Waals surface area contributed by atoms with E-state index >= 15 is 0 Å². The average Bonchev–Trinajstić information content (AvgIpc) is 3.16. The number of hydrogen-bond acceptors (Lipinski definition) is 4. The molecule has 0 spiro atoms. The Labute approximate surface area is 156 Å². The van der Waals surface area contributed by atoms with Gasteiger partial charge < -0.3 is 9.15 Å². The van der Waals surface area contributed by atoms with E-state index in [0.29, 0.717) is 28.0 Å². The Kier molecular flexibility index (Phi) is 4.54. The van der Waals surface area contributed by atoms with Gasteiger partial charge in [0.2, 0.25) is 5.89 Å². The second-order valence-electron chi connectivity index (χ2n) is 5.98. The van der Waals surface area contributed by atoms with E-state index in [-0.39, 0.29) is 11.7 Å². The van der Waals surface area contributed by atoms with Crippen LogP contribution >= 0.6 is 0 Å². The predicted molar refractivity (Wildman–Crippen MR) is 106 cm³/mol. The largest absolute Gasteiger partial charge is 0.496 e. The standard InChI is InChI=1S/C23H17NO3/c1-26-20-13-7-5-11-17(20)15-18(22(25)16-9-3-2-4-10-16)23-24-19-12-6-8-14-21(19)27-23/h2-15H,1H3/b18-15-. The van der Waals surface area contributed by atoms with Gasteiger partial charge >= 0.3 is 0 Å². The Hall–Kier alpha value is -3.66. The molecular formula is C23H17NO3. The van der Waals surface area contributed by atoms with Crippen LogP contribution in [0.25, 0.3) is 22.7 Å². The fraction of sp³-hybridized carbons (Fsp3) is 0.0435. The minimum absolute atomic E-state index is 0.159. The Balaban J connectivity index is 1.89. The summed E-state index contributed by atoms with van der Waals surface area (Å²) >= 11 is 0. The first-order valence-corrected chi connectivity index (χ1v) is 8.56. The minimum Gasteiger partial charge on any atom is -0.496 e. The number of aromatic nitrogens is 1. The van der Waals surface area contributed by atoms with Crippen LogP contribution in [0.2, 0.25) is 0 Å². The highest BCUT2D eigenvalue weighted by Gasteiger charge is 2.20. The van der Waals surface area contributed by atoms with Crippen molar-refractivity contribution in [2.45, 2.75) is 0 Å². The van der Waals surface area contributed by atoms with E-state index in [4.69, 9.17) is 9.15 Å². The minimum atomic E-state index is -0.159. The molecule has 3 aromatic carbocycles. The van der Waals surface area contributed by atoms with Crippen LogP contribution in [0.5, 0.6) is 5.75 Å². The lowest BCUT2D eigenvalue weighted by Gasteiger charge is -2.07. The van der Waals surface area contributed by atoms with Crippen LogP contribution in [0.3, 0.4) is 0 Å². The van der Waals surface area contributed by atoms with E-state index in [1.165, 1.54) is 0 Å². The molecule has 1 aromatic heterocycles. The predicted octanol–water partition coefficient (Wildman–Crippen LogP) is 5.26. The number of Topliss-reactive ketones (excluding diaryl/α,β-unsaturated/α-hetero) is 1. The highest BCUT2D eigenvalue weighted by atomic mass is 16.5. The van der Waals surface area contributed by atoms with Gasteiger partial charge in [0.1, 0.15) is 11.3 Å². The number of rotatable bonds is 5. The van der Waals surface area contributed by atoms with Gasteiger partial charge in [-0.1, -0.05) is 60.7 Å².